The highest BCUT2D eigenvalue weighted by Crippen LogP contribution is 2.23. The molecule has 3 rings (SSSR count). The molecule has 1 aliphatic rings. The molecule has 0 spiro atoms. The van der Waals surface area contributed by atoms with Crippen LogP contribution in [0.2, 0.25) is 0 Å². The Morgan fingerprint density at radius 3 is 3.00 bits per heavy atom. The van der Waals surface area contributed by atoms with Gasteiger partial charge in [0.15, 0.2) is 5.88 Å². The van der Waals surface area contributed by atoms with Crippen LogP contribution in [-0.4, -0.2) is 40.5 Å². The summed E-state index contributed by atoms with van der Waals surface area (Å²) in [5.74, 6) is 1.57. The fraction of sp³-hybridized carbons (Fsp3) is 0.588. The SMILES string of the molecule is COc1cccc2nc(CC3CCCN(C(C)C)C3)cn12. The van der Waals surface area contributed by atoms with Crippen molar-refractivity contribution in [3.8, 4) is 5.88 Å². The number of rotatable bonds is 4. The van der Waals surface area contributed by atoms with Crippen LogP contribution in [-0.2, 0) is 6.42 Å². The third kappa shape index (κ3) is 3.05. The van der Waals surface area contributed by atoms with E-state index in [-0.39, 0.29) is 0 Å². The molecule has 0 saturated carbocycles. The summed E-state index contributed by atoms with van der Waals surface area (Å²) in [6.07, 6.45) is 5.81. The topological polar surface area (TPSA) is 29.8 Å². The molecule has 0 bridgehead atoms. The number of hydrogen-bond acceptors (Lipinski definition) is 3. The summed E-state index contributed by atoms with van der Waals surface area (Å²) in [6, 6.07) is 6.65. The molecule has 2 aromatic heterocycles. The van der Waals surface area contributed by atoms with Gasteiger partial charge in [0.05, 0.1) is 12.8 Å². The first-order valence-corrected chi connectivity index (χ1v) is 7.92. The molecule has 0 radical (unpaired) electrons. The van der Waals surface area contributed by atoms with Crippen LogP contribution in [0.25, 0.3) is 5.65 Å². The number of hydrogen-bond donors (Lipinski definition) is 0. The van der Waals surface area contributed by atoms with Gasteiger partial charge in [0.2, 0.25) is 0 Å². The lowest BCUT2D eigenvalue weighted by Gasteiger charge is -2.35. The van der Waals surface area contributed by atoms with E-state index in [2.05, 4.69) is 24.9 Å². The van der Waals surface area contributed by atoms with E-state index in [1.54, 1.807) is 7.11 Å². The van der Waals surface area contributed by atoms with Crippen LogP contribution in [0.5, 0.6) is 5.88 Å². The number of nitrogens with zero attached hydrogens (tertiary/aromatic N) is 3. The lowest BCUT2D eigenvalue weighted by Crippen LogP contribution is -2.40. The maximum Gasteiger partial charge on any atom is 0.198 e. The summed E-state index contributed by atoms with van der Waals surface area (Å²) in [4.78, 5) is 7.34. The maximum atomic E-state index is 5.39. The molecule has 1 unspecified atom stereocenters. The summed E-state index contributed by atoms with van der Waals surface area (Å²) < 4.78 is 7.43. The van der Waals surface area contributed by atoms with E-state index in [9.17, 15) is 0 Å². The van der Waals surface area contributed by atoms with Gasteiger partial charge in [0, 0.05) is 18.8 Å². The maximum absolute atomic E-state index is 5.39. The number of fused-ring (bicyclic) bond motifs is 1. The third-order valence-electron chi connectivity index (χ3n) is 4.49. The van der Waals surface area contributed by atoms with Crippen LogP contribution in [0.1, 0.15) is 32.4 Å². The molecule has 0 amide bonds. The standard InChI is InChI=1S/C17H25N3O/c1-13(2)19-9-5-6-14(11-19)10-15-12-20-16(18-15)7-4-8-17(20)21-3/h4,7-8,12-14H,5-6,9-11H2,1-3H3. The Labute approximate surface area is 126 Å². The predicted molar refractivity (Wildman–Crippen MR) is 84.9 cm³/mol. The van der Waals surface area contributed by atoms with Crippen molar-refractivity contribution < 1.29 is 4.74 Å². The Hall–Kier alpha value is -1.55. The third-order valence-corrected chi connectivity index (χ3v) is 4.49. The summed E-state index contributed by atoms with van der Waals surface area (Å²) in [5.41, 5.74) is 2.15. The van der Waals surface area contributed by atoms with E-state index in [0.717, 1.165) is 23.9 Å². The number of methoxy groups -OCH3 is 1. The van der Waals surface area contributed by atoms with Crippen LogP contribution in [0.15, 0.2) is 24.4 Å². The number of likely N-dealkylation sites (tertiary alicyclic amines) is 1. The molecule has 1 atom stereocenters. The number of piperidine rings is 1. The van der Waals surface area contributed by atoms with E-state index in [0.29, 0.717) is 6.04 Å². The van der Waals surface area contributed by atoms with Gasteiger partial charge in [-0.25, -0.2) is 4.98 Å². The highest BCUT2D eigenvalue weighted by molar-refractivity contribution is 5.43. The molecule has 0 aliphatic carbocycles. The van der Waals surface area contributed by atoms with Gasteiger partial charge in [-0.15, -0.1) is 0 Å². The summed E-state index contributed by atoms with van der Waals surface area (Å²) >= 11 is 0. The first-order chi connectivity index (χ1) is 10.2. The van der Waals surface area contributed by atoms with Crippen molar-refractivity contribution in [1.29, 1.82) is 0 Å². The molecule has 1 fully saturated rings. The molecular weight excluding hydrogens is 262 g/mol. The van der Waals surface area contributed by atoms with Crippen molar-refractivity contribution in [2.75, 3.05) is 20.2 Å². The minimum atomic E-state index is 0.647. The van der Waals surface area contributed by atoms with Crippen LogP contribution in [0.3, 0.4) is 0 Å². The van der Waals surface area contributed by atoms with Crippen molar-refractivity contribution in [3.05, 3.63) is 30.1 Å². The minimum Gasteiger partial charge on any atom is -0.482 e. The number of ether oxygens (including phenoxy) is 1. The molecule has 21 heavy (non-hydrogen) atoms. The van der Waals surface area contributed by atoms with Crippen molar-refractivity contribution in [1.82, 2.24) is 14.3 Å². The molecule has 1 aliphatic heterocycles. The minimum absolute atomic E-state index is 0.647. The average Bonchev–Trinajstić information content (AvgIpc) is 2.89. The van der Waals surface area contributed by atoms with Gasteiger partial charge < -0.3 is 9.64 Å². The Bertz CT molecular complexity index is 605. The fourth-order valence-electron chi connectivity index (χ4n) is 3.33. The smallest absolute Gasteiger partial charge is 0.198 e. The van der Waals surface area contributed by atoms with Crippen LogP contribution in [0, 0.1) is 5.92 Å². The van der Waals surface area contributed by atoms with Crippen molar-refractivity contribution in [2.45, 2.75) is 39.2 Å². The number of aromatic nitrogens is 2. The Balaban J connectivity index is 1.75. The van der Waals surface area contributed by atoms with E-state index >= 15 is 0 Å². The van der Waals surface area contributed by atoms with Gasteiger partial charge >= 0.3 is 0 Å². The van der Waals surface area contributed by atoms with E-state index < -0.39 is 0 Å². The fourth-order valence-corrected chi connectivity index (χ4v) is 3.33. The van der Waals surface area contributed by atoms with Gasteiger partial charge in [-0.05, 0) is 57.7 Å². The largest absolute Gasteiger partial charge is 0.482 e. The zero-order valence-electron chi connectivity index (χ0n) is 13.2. The van der Waals surface area contributed by atoms with Crippen molar-refractivity contribution in [3.63, 3.8) is 0 Å². The van der Waals surface area contributed by atoms with Gasteiger partial charge in [-0.3, -0.25) is 4.40 Å². The zero-order valence-corrected chi connectivity index (χ0v) is 13.2. The molecular formula is C17H25N3O. The number of pyridine rings is 1. The average molecular weight is 287 g/mol. The van der Waals surface area contributed by atoms with Crippen molar-refractivity contribution >= 4 is 5.65 Å². The lowest BCUT2D eigenvalue weighted by atomic mass is 9.93. The molecule has 0 N–H and O–H groups in total. The summed E-state index contributed by atoms with van der Waals surface area (Å²) in [6.45, 7) is 7.02. The quantitative estimate of drug-likeness (QED) is 0.866. The predicted octanol–water partition coefficient (Wildman–Crippen LogP) is 3.01. The second kappa shape index (κ2) is 6.06. The normalized spacial score (nSPS) is 20.3. The lowest BCUT2D eigenvalue weighted by molar-refractivity contribution is 0.139. The zero-order chi connectivity index (χ0) is 14.8. The van der Waals surface area contributed by atoms with Gasteiger partial charge in [-0.2, -0.15) is 0 Å². The molecule has 4 heteroatoms. The van der Waals surface area contributed by atoms with Crippen LogP contribution >= 0.6 is 0 Å². The molecule has 3 heterocycles. The molecule has 2 aromatic rings. The van der Waals surface area contributed by atoms with Gasteiger partial charge in [0.25, 0.3) is 0 Å². The second-order valence-corrected chi connectivity index (χ2v) is 6.33. The Morgan fingerprint density at radius 2 is 2.24 bits per heavy atom. The van der Waals surface area contributed by atoms with E-state index in [1.807, 2.05) is 22.6 Å². The Kier molecular flexibility index (Phi) is 4.15. The van der Waals surface area contributed by atoms with Crippen LogP contribution < -0.4 is 4.74 Å². The highest BCUT2D eigenvalue weighted by Gasteiger charge is 2.22. The molecule has 4 nitrogen and oxygen atoms in total. The molecule has 1 saturated heterocycles. The summed E-state index contributed by atoms with van der Waals surface area (Å²) in [5, 5.41) is 0. The first kappa shape index (κ1) is 14.4. The first-order valence-electron chi connectivity index (χ1n) is 7.92. The molecule has 114 valence electrons. The van der Waals surface area contributed by atoms with Crippen LogP contribution in [0.4, 0.5) is 0 Å². The molecule has 0 aromatic carbocycles. The highest BCUT2D eigenvalue weighted by atomic mass is 16.5. The van der Waals surface area contributed by atoms with E-state index in [4.69, 9.17) is 9.72 Å². The summed E-state index contributed by atoms with van der Waals surface area (Å²) in [7, 11) is 1.70. The number of imidazole rings is 1. The Morgan fingerprint density at radius 1 is 1.38 bits per heavy atom. The van der Waals surface area contributed by atoms with Crippen molar-refractivity contribution in [2.24, 2.45) is 5.92 Å². The van der Waals surface area contributed by atoms with E-state index in [1.165, 1.54) is 31.6 Å². The van der Waals surface area contributed by atoms with Gasteiger partial charge in [-0.1, -0.05) is 6.07 Å². The van der Waals surface area contributed by atoms with Gasteiger partial charge in [0.1, 0.15) is 5.65 Å². The monoisotopic (exact) mass is 287 g/mol. The second-order valence-electron chi connectivity index (χ2n) is 6.33.